The molecule has 1 aliphatic heterocycles. The average molecular weight is 215 g/mol. The molecule has 0 saturated carbocycles. The minimum atomic E-state index is -0.746. The highest BCUT2D eigenvalue weighted by Gasteiger charge is 2.19. The van der Waals surface area contributed by atoms with Gasteiger partial charge in [0.05, 0.1) is 0 Å². The van der Waals surface area contributed by atoms with E-state index in [4.69, 9.17) is 9.84 Å². The molecule has 1 aliphatic rings. The fourth-order valence-electron chi connectivity index (χ4n) is 1.80. The number of ether oxygens (including phenoxy) is 1. The van der Waals surface area contributed by atoms with Crippen molar-refractivity contribution in [2.45, 2.75) is 32.2 Å². The molecule has 0 spiro atoms. The van der Waals surface area contributed by atoms with Crippen LogP contribution in [0.1, 0.15) is 26.2 Å². The second-order valence-electron chi connectivity index (χ2n) is 4.34. The lowest BCUT2D eigenvalue weighted by molar-refractivity contribution is -0.142. The van der Waals surface area contributed by atoms with Crippen molar-refractivity contribution in [3.8, 4) is 0 Å². The second kappa shape index (κ2) is 6.08. The molecule has 0 radical (unpaired) electrons. The number of carboxylic acid groups (broad SMARTS) is 1. The van der Waals surface area contributed by atoms with Gasteiger partial charge in [-0.25, -0.2) is 0 Å². The van der Waals surface area contributed by atoms with Crippen molar-refractivity contribution in [2.75, 3.05) is 26.8 Å². The molecule has 15 heavy (non-hydrogen) atoms. The third-order valence-corrected chi connectivity index (χ3v) is 3.25. The van der Waals surface area contributed by atoms with Gasteiger partial charge in [-0.3, -0.25) is 9.69 Å². The number of rotatable bonds is 5. The highest BCUT2D eigenvalue weighted by Crippen LogP contribution is 2.18. The molecule has 1 N–H and O–H groups in total. The maximum absolute atomic E-state index is 10.7. The van der Waals surface area contributed by atoms with Crippen molar-refractivity contribution in [1.82, 2.24) is 4.90 Å². The quantitative estimate of drug-likeness (QED) is 0.749. The number of hydrogen-bond acceptors (Lipinski definition) is 3. The molecule has 1 heterocycles. The van der Waals surface area contributed by atoms with Crippen LogP contribution < -0.4 is 0 Å². The maximum atomic E-state index is 10.7. The lowest BCUT2D eigenvalue weighted by Gasteiger charge is -2.26. The normalized spacial score (nSPS) is 20.5. The summed E-state index contributed by atoms with van der Waals surface area (Å²) < 4.78 is 5.28. The van der Waals surface area contributed by atoms with Gasteiger partial charge in [-0.05, 0) is 45.7 Å². The standard InChI is InChI=1S/C11H21NO3/c1-9(11(13)14)12(2)6-3-10-4-7-15-8-5-10/h9-10H,3-8H2,1-2H3,(H,13,14). The van der Waals surface area contributed by atoms with Crippen molar-refractivity contribution < 1.29 is 14.6 Å². The van der Waals surface area contributed by atoms with Crippen molar-refractivity contribution in [1.29, 1.82) is 0 Å². The number of carbonyl (C=O) groups is 1. The Morgan fingerprint density at radius 3 is 2.67 bits per heavy atom. The van der Waals surface area contributed by atoms with Gasteiger partial charge in [-0.1, -0.05) is 0 Å². The van der Waals surface area contributed by atoms with E-state index in [1.807, 2.05) is 11.9 Å². The maximum Gasteiger partial charge on any atom is 0.320 e. The fourth-order valence-corrected chi connectivity index (χ4v) is 1.80. The van der Waals surface area contributed by atoms with Gasteiger partial charge in [0.2, 0.25) is 0 Å². The van der Waals surface area contributed by atoms with E-state index in [2.05, 4.69) is 0 Å². The molecule has 4 nitrogen and oxygen atoms in total. The first kappa shape index (κ1) is 12.5. The molecule has 1 saturated heterocycles. The Kier molecular flexibility index (Phi) is 5.05. The van der Waals surface area contributed by atoms with Crippen molar-refractivity contribution in [2.24, 2.45) is 5.92 Å². The van der Waals surface area contributed by atoms with E-state index >= 15 is 0 Å². The predicted molar refractivity (Wildman–Crippen MR) is 57.9 cm³/mol. The lowest BCUT2D eigenvalue weighted by atomic mass is 9.96. The van der Waals surface area contributed by atoms with Gasteiger partial charge in [0, 0.05) is 13.2 Å². The molecule has 0 aromatic rings. The molecule has 0 aliphatic carbocycles. The van der Waals surface area contributed by atoms with Crippen molar-refractivity contribution >= 4 is 5.97 Å². The molecular weight excluding hydrogens is 194 g/mol. The number of nitrogens with zero attached hydrogens (tertiary/aromatic N) is 1. The van der Waals surface area contributed by atoms with Crippen LogP contribution >= 0.6 is 0 Å². The summed E-state index contributed by atoms with van der Waals surface area (Å²) in [5.74, 6) is -0.0355. The summed E-state index contributed by atoms with van der Waals surface area (Å²) in [4.78, 5) is 12.6. The second-order valence-corrected chi connectivity index (χ2v) is 4.34. The van der Waals surface area contributed by atoms with E-state index in [-0.39, 0.29) is 6.04 Å². The summed E-state index contributed by atoms with van der Waals surface area (Å²) in [5.41, 5.74) is 0. The number of likely N-dealkylation sites (N-methyl/N-ethyl adjacent to an activating group) is 1. The predicted octanol–water partition coefficient (Wildman–Crippen LogP) is 1.21. The minimum Gasteiger partial charge on any atom is -0.480 e. The lowest BCUT2D eigenvalue weighted by Crippen LogP contribution is -2.37. The van der Waals surface area contributed by atoms with E-state index in [0.717, 1.165) is 39.0 Å². The van der Waals surface area contributed by atoms with E-state index in [1.54, 1.807) is 6.92 Å². The topological polar surface area (TPSA) is 49.8 Å². The third-order valence-electron chi connectivity index (χ3n) is 3.25. The molecule has 1 unspecified atom stereocenters. The summed E-state index contributed by atoms with van der Waals surface area (Å²) in [6.07, 6.45) is 3.32. The van der Waals surface area contributed by atoms with Crippen LogP contribution in [0.25, 0.3) is 0 Å². The summed E-state index contributed by atoms with van der Waals surface area (Å²) in [5, 5.41) is 8.83. The van der Waals surface area contributed by atoms with Gasteiger partial charge in [0.15, 0.2) is 0 Å². The van der Waals surface area contributed by atoms with E-state index < -0.39 is 5.97 Å². The molecule has 1 fully saturated rings. The van der Waals surface area contributed by atoms with Gasteiger partial charge >= 0.3 is 5.97 Å². The van der Waals surface area contributed by atoms with Gasteiger partial charge in [0.25, 0.3) is 0 Å². The fraction of sp³-hybridized carbons (Fsp3) is 0.909. The van der Waals surface area contributed by atoms with Crippen LogP contribution in [0.2, 0.25) is 0 Å². The van der Waals surface area contributed by atoms with Crippen molar-refractivity contribution in [3.63, 3.8) is 0 Å². The van der Waals surface area contributed by atoms with Crippen LogP contribution in [-0.2, 0) is 9.53 Å². The zero-order chi connectivity index (χ0) is 11.3. The summed E-state index contributed by atoms with van der Waals surface area (Å²) in [7, 11) is 1.87. The molecule has 1 rings (SSSR count). The Balaban J connectivity index is 2.20. The van der Waals surface area contributed by atoms with Crippen LogP contribution in [0, 0.1) is 5.92 Å². The Morgan fingerprint density at radius 1 is 1.53 bits per heavy atom. The number of aliphatic carboxylic acids is 1. The van der Waals surface area contributed by atoms with E-state index in [0.29, 0.717) is 5.92 Å². The molecule has 0 amide bonds. The van der Waals surface area contributed by atoms with Gasteiger partial charge in [-0.2, -0.15) is 0 Å². The average Bonchev–Trinajstić information content (AvgIpc) is 2.26. The van der Waals surface area contributed by atoms with Crippen molar-refractivity contribution in [3.05, 3.63) is 0 Å². The Bertz CT molecular complexity index is 202. The molecule has 4 heteroatoms. The molecular formula is C11H21NO3. The van der Waals surface area contributed by atoms with Crippen LogP contribution in [-0.4, -0.2) is 48.8 Å². The summed E-state index contributed by atoms with van der Waals surface area (Å²) in [6.45, 7) is 4.32. The highest BCUT2D eigenvalue weighted by atomic mass is 16.5. The van der Waals surface area contributed by atoms with E-state index in [9.17, 15) is 4.79 Å². The molecule has 88 valence electrons. The van der Waals surface area contributed by atoms with E-state index in [1.165, 1.54) is 0 Å². The Hall–Kier alpha value is -0.610. The van der Waals surface area contributed by atoms with Gasteiger partial charge in [0.1, 0.15) is 6.04 Å². The first-order valence-corrected chi connectivity index (χ1v) is 5.62. The van der Waals surface area contributed by atoms with Crippen LogP contribution in [0.15, 0.2) is 0 Å². The Morgan fingerprint density at radius 2 is 2.13 bits per heavy atom. The molecule has 1 atom stereocenters. The molecule has 0 aromatic heterocycles. The minimum absolute atomic E-state index is 0.384. The first-order chi connectivity index (χ1) is 7.11. The number of hydrogen-bond donors (Lipinski definition) is 1. The third kappa shape index (κ3) is 4.18. The largest absolute Gasteiger partial charge is 0.480 e. The molecule has 0 bridgehead atoms. The smallest absolute Gasteiger partial charge is 0.320 e. The van der Waals surface area contributed by atoms with Crippen LogP contribution in [0.3, 0.4) is 0 Å². The highest BCUT2D eigenvalue weighted by molar-refractivity contribution is 5.72. The van der Waals surface area contributed by atoms with Gasteiger partial charge in [-0.15, -0.1) is 0 Å². The van der Waals surface area contributed by atoms with Gasteiger partial charge < -0.3 is 9.84 Å². The van der Waals surface area contributed by atoms with Crippen LogP contribution in [0.5, 0.6) is 0 Å². The number of carboxylic acids is 1. The first-order valence-electron chi connectivity index (χ1n) is 5.62. The summed E-state index contributed by atoms with van der Waals surface area (Å²) >= 11 is 0. The zero-order valence-electron chi connectivity index (χ0n) is 9.61. The SMILES string of the molecule is CC(C(=O)O)N(C)CCC1CCOCC1. The monoisotopic (exact) mass is 215 g/mol. The summed E-state index contributed by atoms with van der Waals surface area (Å²) in [6, 6.07) is -0.384. The Labute approximate surface area is 91.2 Å². The van der Waals surface area contributed by atoms with Crippen LogP contribution in [0.4, 0.5) is 0 Å². The molecule has 0 aromatic carbocycles. The zero-order valence-corrected chi connectivity index (χ0v) is 9.61.